The number of halogens is 1. The fourth-order valence-electron chi connectivity index (χ4n) is 1.69. The van der Waals surface area contributed by atoms with Crippen LogP contribution >= 0.6 is 0 Å². The molecule has 0 aliphatic carbocycles. The second-order valence-corrected chi connectivity index (χ2v) is 6.17. The molecule has 0 atom stereocenters. The molecule has 0 aliphatic heterocycles. The zero-order valence-electron chi connectivity index (χ0n) is 10.9. The Labute approximate surface area is 120 Å². The van der Waals surface area contributed by atoms with Crippen LogP contribution in [0.25, 0.3) is 0 Å². The van der Waals surface area contributed by atoms with Crippen molar-refractivity contribution in [3.8, 4) is 0 Å². The van der Waals surface area contributed by atoms with Crippen molar-refractivity contribution in [3.05, 3.63) is 64.5 Å². The van der Waals surface area contributed by atoms with Gasteiger partial charge < -0.3 is 0 Å². The van der Waals surface area contributed by atoms with Gasteiger partial charge in [0.1, 0.15) is 5.82 Å². The third kappa shape index (κ3) is 3.00. The van der Waals surface area contributed by atoms with E-state index in [1.165, 1.54) is 19.2 Å². The normalized spacial score (nSPS) is 11.1. The lowest BCUT2D eigenvalue weighted by Crippen LogP contribution is -2.26. The lowest BCUT2D eigenvalue weighted by Gasteiger charge is -2.19. The number of hydrogen-bond donors (Lipinski definition) is 0. The largest absolute Gasteiger partial charge is 0.269 e. The van der Waals surface area contributed by atoms with E-state index in [9.17, 15) is 22.9 Å². The summed E-state index contributed by atoms with van der Waals surface area (Å²) in [7, 11) is -2.54. The Hall–Kier alpha value is -2.48. The highest BCUT2D eigenvalue weighted by atomic mass is 32.2. The first-order valence-corrected chi connectivity index (χ1v) is 7.25. The minimum Gasteiger partial charge on any atom is -0.269 e. The molecule has 0 radical (unpaired) electrons. The lowest BCUT2D eigenvalue weighted by atomic mass is 10.3. The first-order valence-electron chi connectivity index (χ1n) is 5.81. The van der Waals surface area contributed by atoms with Gasteiger partial charge in [-0.25, -0.2) is 12.8 Å². The monoisotopic (exact) mass is 310 g/mol. The van der Waals surface area contributed by atoms with E-state index in [1.54, 1.807) is 0 Å². The van der Waals surface area contributed by atoms with E-state index in [0.717, 1.165) is 40.7 Å². The number of non-ortho nitro benzene ring substituents is 1. The van der Waals surface area contributed by atoms with Gasteiger partial charge in [0.05, 0.1) is 15.5 Å². The Bertz CT molecular complexity index is 758. The van der Waals surface area contributed by atoms with Crippen LogP contribution in [0.3, 0.4) is 0 Å². The van der Waals surface area contributed by atoms with Crippen LogP contribution in [0.4, 0.5) is 15.8 Å². The second-order valence-electron chi connectivity index (χ2n) is 4.20. The zero-order valence-corrected chi connectivity index (χ0v) is 11.7. The number of nitro benzene ring substituents is 1. The van der Waals surface area contributed by atoms with Crippen LogP contribution < -0.4 is 4.31 Å². The first-order chi connectivity index (χ1) is 9.82. The molecule has 0 amide bonds. The maximum atomic E-state index is 12.9. The number of sulfonamides is 1. The number of rotatable bonds is 4. The van der Waals surface area contributed by atoms with Gasteiger partial charge in [-0.2, -0.15) is 0 Å². The summed E-state index contributed by atoms with van der Waals surface area (Å²) < 4.78 is 38.6. The van der Waals surface area contributed by atoms with Crippen molar-refractivity contribution in [1.29, 1.82) is 0 Å². The molecule has 8 heteroatoms. The molecule has 6 nitrogen and oxygen atoms in total. The Morgan fingerprint density at radius 3 is 2.05 bits per heavy atom. The zero-order chi connectivity index (χ0) is 15.6. The van der Waals surface area contributed by atoms with Crippen LogP contribution in [-0.4, -0.2) is 20.4 Å². The molecule has 0 aliphatic rings. The maximum absolute atomic E-state index is 12.9. The molecule has 110 valence electrons. The molecular formula is C13H11FN2O4S. The van der Waals surface area contributed by atoms with E-state index in [1.807, 2.05) is 0 Å². The highest BCUT2D eigenvalue weighted by Gasteiger charge is 2.22. The van der Waals surface area contributed by atoms with E-state index in [0.29, 0.717) is 0 Å². The second kappa shape index (κ2) is 5.49. The summed E-state index contributed by atoms with van der Waals surface area (Å²) >= 11 is 0. The summed E-state index contributed by atoms with van der Waals surface area (Å²) in [5.41, 5.74) is 0.0909. The molecule has 0 saturated carbocycles. The van der Waals surface area contributed by atoms with Crippen LogP contribution in [0.1, 0.15) is 0 Å². The molecule has 0 saturated heterocycles. The van der Waals surface area contributed by atoms with Gasteiger partial charge in [-0.05, 0) is 36.4 Å². The Morgan fingerprint density at radius 2 is 1.57 bits per heavy atom. The van der Waals surface area contributed by atoms with Crippen molar-refractivity contribution in [2.24, 2.45) is 0 Å². The molecule has 0 N–H and O–H groups in total. The highest BCUT2D eigenvalue weighted by Crippen LogP contribution is 2.23. The number of benzene rings is 2. The molecule has 0 heterocycles. The first kappa shape index (κ1) is 14.9. The molecular weight excluding hydrogens is 299 g/mol. The van der Waals surface area contributed by atoms with Crippen LogP contribution in [-0.2, 0) is 10.0 Å². The van der Waals surface area contributed by atoms with Crippen molar-refractivity contribution in [2.75, 3.05) is 11.4 Å². The van der Waals surface area contributed by atoms with Gasteiger partial charge in [0, 0.05) is 19.2 Å². The van der Waals surface area contributed by atoms with E-state index in [-0.39, 0.29) is 16.3 Å². The van der Waals surface area contributed by atoms with Crippen LogP contribution in [0.2, 0.25) is 0 Å². The fourth-order valence-corrected chi connectivity index (χ4v) is 2.88. The van der Waals surface area contributed by atoms with Crippen molar-refractivity contribution >= 4 is 21.4 Å². The number of nitro groups is 1. The average Bonchev–Trinajstić information content (AvgIpc) is 2.47. The third-order valence-corrected chi connectivity index (χ3v) is 4.70. The van der Waals surface area contributed by atoms with E-state index in [2.05, 4.69) is 0 Å². The van der Waals surface area contributed by atoms with Gasteiger partial charge in [0.25, 0.3) is 15.7 Å². The van der Waals surface area contributed by atoms with Crippen LogP contribution in [0, 0.1) is 15.9 Å². The standard InChI is InChI=1S/C13H11FN2O4S/c1-15(11-4-2-10(14)3-5-11)21(19,20)13-8-6-12(7-9-13)16(17)18/h2-9H,1H3. The van der Waals surface area contributed by atoms with Crippen LogP contribution in [0.5, 0.6) is 0 Å². The SMILES string of the molecule is CN(c1ccc(F)cc1)S(=O)(=O)c1ccc([N+](=O)[O-])cc1. The molecule has 2 rings (SSSR count). The predicted octanol–water partition coefficient (Wildman–Crippen LogP) is 2.56. The number of nitrogens with zero attached hydrogens (tertiary/aromatic N) is 2. The molecule has 0 spiro atoms. The highest BCUT2D eigenvalue weighted by molar-refractivity contribution is 7.92. The average molecular weight is 310 g/mol. The summed E-state index contributed by atoms with van der Waals surface area (Å²) in [6, 6.07) is 9.52. The van der Waals surface area contributed by atoms with Crippen molar-refractivity contribution in [2.45, 2.75) is 4.90 Å². The molecule has 0 aromatic heterocycles. The molecule has 21 heavy (non-hydrogen) atoms. The summed E-state index contributed by atoms with van der Waals surface area (Å²) in [4.78, 5) is 9.86. The minimum absolute atomic E-state index is 0.0834. The molecule has 2 aromatic carbocycles. The number of hydrogen-bond acceptors (Lipinski definition) is 4. The molecule has 2 aromatic rings. The smallest absolute Gasteiger partial charge is 0.269 e. The van der Waals surface area contributed by atoms with Crippen molar-refractivity contribution in [1.82, 2.24) is 0 Å². The predicted molar refractivity (Wildman–Crippen MR) is 75.1 cm³/mol. The van der Waals surface area contributed by atoms with E-state index >= 15 is 0 Å². The summed E-state index contributed by atoms with van der Waals surface area (Å²) in [6.45, 7) is 0. The van der Waals surface area contributed by atoms with Gasteiger partial charge in [0.15, 0.2) is 0 Å². The van der Waals surface area contributed by atoms with Gasteiger partial charge in [0.2, 0.25) is 0 Å². The molecule has 0 fully saturated rings. The summed E-state index contributed by atoms with van der Waals surface area (Å²) in [5, 5.41) is 10.6. The van der Waals surface area contributed by atoms with Gasteiger partial charge in [-0.15, -0.1) is 0 Å². The minimum atomic E-state index is -3.86. The Kier molecular flexibility index (Phi) is 3.90. The summed E-state index contributed by atoms with van der Waals surface area (Å²) in [5.74, 6) is -0.472. The van der Waals surface area contributed by atoms with Crippen molar-refractivity contribution < 1.29 is 17.7 Å². The Morgan fingerprint density at radius 1 is 1.05 bits per heavy atom. The van der Waals surface area contributed by atoms with Gasteiger partial charge in [-0.1, -0.05) is 0 Å². The van der Waals surface area contributed by atoms with Gasteiger partial charge in [-0.3, -0.25) is 14.4 Å². The van der Waals surface area contributed by atoms with Crippen LogP contribution in [0.15, 0.2) is 53.4 Å². The molecule has 0 unspecified atom stereocenters. The van der Waals surface area contributed by atoms with Crippen molar-refractivity contribution in [3.63, 3.8) is 0 Å². The topological polar surface area (TPSA) is 80.5 Å². The number of anilines is 1. The fraction of sp³-hybridized carbons (Fsp3) is 0.0769. The third-order valence-electron chi connectivity index (χ3n) is 2.90. The Balaban J connectivity index is 2.36. The molecule has 0 bridgehead atoms. The van der Waals surface area contributed by atoms with E-state index in [4.69, 9.17) is 0 Å². The quantitative estimate of drug-likeness (QED) is 0.642. The summed E-state index contributed by atoms with van der Waals surface area (Å²) in [6.07, 6.45) is 0. The van der Waals surface area contributed by atoms with E-state index < -0.39 is 20.8 Å². The lowest BCUT2D eigenvalue weighted by molar-refractivity contribution is -0.384. The van der Waals surface area contributed by atoms with Gasteiger partial charge >= 0.3 is 0 Å². The maximum Gasteiger partial charge on any atom is 0.269 e.